The second-order valence-corrected chi connectivity index (χ2v) is 3.59. The Hall–Kier alpha value is -1.94. The fourth-order valence-corrected chi connectivity index (χ4v) is 1.48. The lowest BCUT2D eigenvalue weighted by Crippen LogP contribution is -2.05. The van der Waals surface area contributed by atoms with Crippen molar-refractivity contribution in [3.63, 3.8) is 0 Å². The highest BCUT2D eigenvalue weighted by molar-refractivity contribution is 5.25. The fourth-order valence-electron chi connectivity index (χ4n) is 1.48. The molecule has 2 rings (SSSR count). The van der Waals surface area contributed by atoms with Crippen LogP contribution < -0.4 is 10.5 Å². The molecule has 2 aromatic rings. The number of benzene rings is 1. The number of ether oxygens (including phenoxy) is 1. The number of nitrogens with two attached hydrogens (primary N) is 1. The number of hydrogen-bond donors (Lipinski definition) is 1. The van der Waals surface area contributed by atoms with Crippen LogP contribution in [0.2, 0.25) is 0 Å². The van der Waals surface area contributed by atoms with Gasteiger partial charge in [-0.1, -0.05) is 0 Å². The molecule has 0 aliphatic carbocycles. The smallest absolute Gasteiger partial charge is 0.123 e. The Kier molecular flexibility index (Phi) is 3.67. The molecule has 0 aliphatic heterocycles. The van der Waals surface area contributed by atoms with Crippen molar-refractivity contribution >= 4 is 0 Å². The summed E-state index contributed by atoms with van der Waals surface area (Å²) in [4.78, 5) is 4.02. The quantitative estimate of drug-likeness (QED) is 0.879. The highest BCUT2D eigenvalue weighted by Crippen LogP contribution is 2.14. The highest BCUT2D eigenvalue weighted by Gasteiger charge is 2.02. The molecule has 0 aliphatic rings. The average Bonchev–Trinajstić information content (AvgIpc) is 2.38. The lowest BCUT2D eigenvalue weighted by molar-refractivity contribution is 0.304. The average molecular weight is 232 g/mol. The lowest BCUT2D eigenvalue weighted by Gasteiger charge is -2.09. The van der Waals surface area contributed by atoms with E-state index in [9.17, 15) is 4.39 Å². The Morgan fingerprint density at radius 2 is 1.88 bits per heavy atom. The van der Waals surface area contributed by atoms with Crippen molar-refractivity contribution in [2.75, 3.05) is 0 Å². The van der Waals surface area contributed by atoms with E-state index in [-0.39, 0.29) is 5.82 Å². The molecule has 0 spiro atoms. The van der Waals surface area contributed by atoms with Crippen LogP contribution in [0.4, 0.5) is 4.39 Å². The van der Waals surface area contributed by atoms with Crippen molar-refractivity contribution in [1.82, 2.24) is 4.98 Å². The van der Waals surface area contributed by atoms with Crippen LogP contribution in [0, 0.1) is 5.82 Å². The van der Waals surface area contributed by atoms with E-state index in [1.54, 1.807) is 24.5 Å². The van der Waals surface area contributed by atoms with Crippen molar-refractivity contribution in [2.45, 2.75) is 13.2 Å². The number of rotatable bonds is 4. The first-order chi connectivity index (χ1) is 8.29. The van der Waals surface area contributed by atoms with Gasteiger partial charge in [-0.15, -0.1) is 0 Å². The third-order valence-corrected chi connectivity index (χ3v) is 2.43. The van der Waals surface area contributed by atoms with Crippen LogP contribution in [0.5, 0.6) is 5.75 Å². The summed E-state index contributed by atoms with van der Waals surface area (Å²) >= 11 is 0. The van der Waals surface area contributed by atoms with Gasteiger partial charge in [0.15, 0.2) is 0 Å². The first-order valence-electron chi connectivity index (χ1n) is 5.30. The van der Waals surface area contributed by atoms with Gasteiger partial charge in [-0.05, 0) is 35.9 Å². The Bertz CT molecular complexity index is 485. The van der Waals surface area contributed by atoms with Gasteiger partial charge in [-0.2, -0.15) is 0 Å². The Morgan fingerprint density at radius 1 is 1.12 bits per heavy atom. The van der Waals surface area contributed by atoms with Gasteiger partial charge in [0, 0.05) is 24.5 Å². The summed E-state index contributed by atoms with van der Waals surface area (Å²) in [6.45, 7) is 0.830. The molecular weight excluding hydrogens is 219 g/mol. The molecule has 0 saturated heterocycles. The van der Waals surface area contributed by atoms with E-state index >= 15 is 0 Å². The molecule has 0 bridgehead atoms. The zero-order chi connectivity index (χ0) is 12.1. The molecular formula is C13H13FN2O. The zero-order valence-electron chi connectivity index (χ0n) is 9.27. The van der Waals surface area contributed by atoms with Gasteiger partial charge in [0.2, 0.25) is 0 Å². The molecule has 4 heteroatoms. The van der Waals surface area contributed by atoms with Gasteiger partial charge >= 0.3 is 0 Å². The molecule has 0 atom stereocenters. The molecule has 0 amide bonds. The van der Waals surface area contributed by atoms with E-state index in [1.807, 2.05) is 6.07 Å². The van der Waals surface area contributed by atoms with E-state index in [4.69, 9.17) is 10.5 Å². The number of hydrogen-bond acceptors (Lipinski definition) is 3. The van der Waals surface area contributed by atoms with Gasteiger partial charge in [-0.3, -0.25) is 4.98 Å². The van der Waals surface area contributed by atoms with E-state index in [0.29, 0.717) is 18.9 Å². The molecule has 0 saturated carbocycles. The highest BCUT2D eigenvalue weighted by atomic mass is 19.1. The van der Waals surface area contributed by atoms with Gasteiger partial charge in [0.1, 0.15) is 18.2 Å². The standard InChI is InChI=1S/C13H13FN2O/c14-12-1-3-13(4-2-12)17-9-11-8-16-6-5-10(11)7-15/h1-6,8H,7,9,15H2. The minimum atomic E-state index is -0.277. The number of pyridine rings is 1. The summed E-state index contributed by atoms with van der Waals surface area (Å²) in [5.74, 6) is 0.347. The molecule has 0 radical (unpaired) electrons. The Labute approximate surface area is 99.1 Å². The summed E-state index contributed by atoms with van der Waals surface area (Å²) in [6.07, 6.45) is 3.43. The monoisotopic (exact) mass is 232 g/mol. The maximum Gasteiger partial charge on any atom is 0.123 e. The van der Waals surface area contributed by atoms with Crippen molar-refractivity contribution < 1.29 is 9.13 Å². The second-order valence-electron chi connectivity index (χ2n) is 3.59. The van der Waals surface area contributed by atoms with Gasteiger partial charge in [0.25, 0.3) is 0 Å². The number of nitrogens with zero attached hydrogens (tertiary/aromatic N) is 1. The summed E-state index contributed by atoms with van der Waals surface area (Å²) in [6, 6.07) is 7.77. The number of aromatic nitrogens is 1. The van der Waals surface area contributed by atoms with Crippen LogP contribution in [0.3, 0.4) is 0 Å². The molecule has 3 nitrogen and oxygen atoms in total. The van der Waals surface area contributed by atoms with E-state index in [0.717, 1.165) is 11.1 Å². The third-order valence-electron chi connectivity index (χ3n) is 2.43. The second kappa shape index (κ2) is 5.41. The zero-order valence-corrected chi connectivity index (χ0v) is 9.27. The minimum Gasteiger partial charge on any atom is -0.489 e. The molecule has 0 unspecified atom stereocenters. The maximum absolute atomic E-state index is 12.7. The molecule has 1 heterocycles. The molecule has 0 fully saturated rings. The topological polar surface area (TPSA) is 48.1 Å². The van der Waals surface area contributed by atoms with Gasteiger partial charge in [-0.25, -0.2) is 4.39 Å². The van der Waals surface area contributed by atoms with Gasteiger partial charge in [0.05, 0.1) is 0 Å². The van der Waals surface area contributed by atoms with Crippen LogP contribution in [0.15, 0.2) is 42.7 Å². The van der Waals surface area contributed by atoms with Crippen molar-refractivity contribution in [3.8, 4) is 5.75 Å². The molecule has 17 heavy (non-hydrogen) atoms. The summed E-state index contributed by atoms with van der Waals surface area (Å²) < 4.78 is 18.2. The minimum absolute atomic E-state index is 0.277. The van der Waals surface area contributed by atoms with Crippen molar-refractivity contribution in [3.05, 3.63) is 59.7 Å². The van der Waals surface area contributed by atoms with E-state index < -0.39 is 0 Å². The maximum atomic E-state index is 12.7. The van der Waals surface area contributed by atoms with Crippen LogP contribution in [0.25, 0.3) is 0 Å². The molecule has 2 N–H and O–H groups in total. The Morgan fingerprint density at radius 3 is 2.59 bits per heavy atom. The van der Waals surface area contributed by atoms with Crippen molar-refractivity contribution in [1.29, 1.82) is 0 Å². The fraction of sp³-hybridized carbons (Fsp3) is 0.154. The molecule has 1 aromatic carbocycles. The first-order valence-corrected chi connectivity index (χ1v) is 5.30. The Balaban J connectivity index is 2.04. The third kappa shape index (κ3) is 3.01. The first kappa shape index (κ1) is 11.5. The predicted octanol–water partition coefficient (Wildman–Crippen LogP) is 2.26. The van der Waals surface area contributed by atoms with Crippen LogP contribution in [-0.2, 0) is 13.2 Å². The van der Waals surface area contributed by atoms with Crippen molar-refractivity contribution in [2.24, 2.45) is 5.73 Å². The predicted molar refractivity (Wildman–Crippen MR) is 62.9 cm³/mol. The van der Waals surface area contributed by atoms with E-state index in [1.165, 1.54) is 12.1 Å². The number of halogens is 1. The lowest BCUT2D eigenvalue weighted by atomic mass is 10.1. The molecule has 1 aromatic heterocycles. The van der Waals surface area contributed by atoms with Crippen LogP contribution >= 0.6 is 0 Å². The van der Waals surface area contributed by atoms with Crippen LogP contribution in [-0.4, -0.2) is 4.98 Å². The summed E-state index contributed by atoms with van der Waals surface area (Å²) in [7, 11) is 0. The summed E-state index contributed by atoms with van der Waals surface area (Å²) in [5, 5.41) is 0. The van der Waals surface area contributed by atoms with E-state index in [2.05, 4.69) is 4.98 Å². The van der Waals surface area contributed by atoms with Gasteiger partial charge < -0.3 is 10.5 Å². The summed E-state index contributed by atoms with van der Waals surface area (Å²) in [5.41, 5.74) is 7.55. The largest absolute Gasteiger partial charge is 0.489 e. The SMILES string of the molecule is NCc1ccncc1COc1ccc(F)cc1. The normalized spacial score (nSPS) is 10.2. The van der Waals surface area contributed by atoms with Crippen LogP contribution in [0.1, 0.15) is 11.1 Å². The molecule has 88 valence electrons.